The monoisotopic (exact) mass is 389 g/mol. The average molecular weight is 389 g/mol. The number of nitrogens with one attached hydrogen (secondary N) is 1. The van der Waals surface area contributed by atoms with Crippen molar-refractivity contribution < 1.29 is 18.3 Å². The summed E-state index contributed by atoms with van der Waals surface area (Å²) in [6.45, 7) is 3.78. The van der Waals surface area contributed by atoms with Crippen molar-refractivity contribution in [1.29, 1.82) is 0 Å². The number of carbonyl (C=O) groups excluding carboxylic acids is 1. The number of halogens is 2. The van der Waals surface area contributed by atoms with Gasteiger partial charge in [0.1, 0.15) is 22.9 Å². The van der Waals surface area contributed by atoms with Crippen molar-refractivity contribution in [3.63, 3.8) is 0 Å². The van der Waals surface area contributed by atoms with E-state index in [0.717, 1.165) is 49.6 Å². The predicted octanol–water partition coefficient (Wildman–Crippen LogP) is 2.69. The number of rotatable bonds is 6. The van der Waals surface area contributed by atoms with E-state index in [1.165, 1.54) is 6.07 Å². The molecule has 2 aromatic rings. The molecule has 1 atom stereocenters. The van der Waals surface area contributed by atoms with Crippen LogP contribution in [-0.4, -0.2) is 62.6 Å². The third kappa shape index (κ3) is 4.66. The summed E-state index contributed by atoms with van der Waals surface area (Å²) in [6.07, 6.45) is 0. The van der Waals surface area contributed by atoms with E-state index in [4.69, 9.17) is 4.74 Å². The molecule has 1 aliphatic rings. The van der Waals surface area contributed by atoms with Crippen LogP contribution in [0.25, 0.3) is 0 Å². The lowest BCUT2D eigenvalue weighted by atomic mass is 10.0. The van der Waals surface area contributed by atoms with Crippen molar-refractivity contribution in [1.82, 2.24) is 15.1 Å². The molecule has 1 heterocycles. The predicted molar refractivity (Wildman–Crippen MR) is 103 cm³/mol. The Hall–Kier alpha value is -2.51. The first-order chi connectivity index (χ1) is 13.5. The molecule has 0 bridgehead atoms. The molecule has 0 unspecified atom stereocenters. The van der Waals surface area contributed by atoms with Gasteiger partial charge in [0, 0.05) is 32.7 Å². The molecule has 0 aliphatic carbocycles. The van der Waals surface area contributed by atoms with Gasteiger partial charge in [-0.1, -0.05) is 18.2 Å². The van der Waals surface area contributed by atoms with Crippen LogP contribution in [0.2, 0.25) is 0 Å². The quantitative estimate of drug-likeness (QED) is 0.825. The van der Waals surface area contributed by atoms with Crippen LogP contribution in [0.4, 0.5) is 8.78 Å². The molecule has 1 fully saturated rings. The second kappa shape index (κ2) is 9.12. The van der Waals surface area contributed by atoms with Gasteiger partial charge < -0.3 is 15.0 Å². The van der Waals surface area contributed by atoms with E-state index in [0.29, 0.717) is 0 Å². The Morgan fingerprint density at radius 2 is 1.68 bits per heavy atom. The molecular formula is C21H25F2N3O2. The van der Waals surface area contributed by atoms with E-state index in [9.17, 15) is 13.6 Å². The van der Waals surface area contributed by atoms with Crippen molar-refractivity contribution in [2.75, 3.05) is 46.9 Å². The lowest BCUT2D eigenvalue weighted by Crippen LogP contribution is -2.48. The zero-order chi connectivity index (χ0) is 20.1. The maximum Gasteiger partial charge on any atom is 0.257 e. The highest BCUT2D eigenvalue weighted by Gasteiger charge is 2.25. The first-order valence-corrected chi connectivity index (χ1v) is 9.28. The summed E-state index contributed by atoms with van der Waals surface area (Å²) in [5.74, 6) is -1.72. The lowest BCUT2D eigenvalue weighted by Gasteiger charge is -2.38. The first-order valence-electron chi connectivity index (χ1n) is 9.28. The second-order valence-corrected chi connectivity index (χ2v) is 6.93. The third-order valence-electron chi connectivity index (χ3n) is 5.13. The van der Waals surface area contributed by atoms with E-state index in [-0.39, 0.29) is 12.6 Å². The summed E-state index contributed by atoms with van der Waals surface area (Å²) in [6, 6.07) is 11.0. The molecule has 0 radical (unpaired) electrons. The molecule has 1 amide bonds. The summed E-state index contributed by atoms with van der Waals surface area (Å²) in [7, 11) is 3.68. The number of likely N-dealkylation sites (N-methyl/N-ethyl adjacent to an activating group) is 1. The topological polar surface area (TPSA) is 44.8 Å². The van der Waals surface area contributed by atoms with Gasteiger partial charge >= 0.3 is 0 Å². The van der Waals surface area contributed by atoms with Crippen LogP contribution in [-0.2, 0) is 0 Å². The van der Waals surface area contributed by atoms with Crippen molar-refractivity contribution >= 4 is 5.91 Å². The summed E-state index contributed by atoms with van der Waals surface area (Å²) in [5.41, 5.74) is 0.467. The maximum atomic E-state index is 13.9. The Bertz CT molecular complexity index is 786. The van der Waals surface area contributed by atoms with Crippen LogP contribution in [0.15, 0.2) is 42.5 Å². The van der Waals surface area contributed by atoms with Crippen LogP contribution in [0.3, 0.4) is 0 Å². The highest BCUT2D eigenvalue weighted by atomic mass is 19.1. The van der Waals surface area contributed by atoms with Crippen molar-refractivity contribution in [3.8, 4) is 5.75 Å². The van der Waals surface area contributed by atoms with Crippen molar-refractivity contribution in [2.24, 2.45) is 0 Å². The standard InChI is InChI=1S/C21H25F2N3O2/c1-25-10-12-26(13-11-25)19(15-6-8-16(28-2)9-7-15)14-24-21(27)20-17(22)4-3-5-18(20)23/h3-9,19H,10-14H2,1-2H3,(H,24,27)/t19-/m0/s1. The van der Waals surface area contributed by atoms with Crippen molar-refractivity contribution in [3.05, 3.63) is 65.2 Å². The van der Waals surface area contributed by atoms with Gasteiger partial charge in [0.05, 0.1) is 13.2 Å². The molecule has 0 saturated carbocycles. The van der Waals surface area contributed by atoms with Gasteiger partial charge in [0.25, 0.3) is 5.91 Å². The molecule has 1 aliphatic heterocycles. The number of hydrogen-bond donors (Lipinski definition) is 1. The molecule has 0 aromatic heterocycles. The smallest absolute Gasteiger partial charge is 0.257 e. The van der Waals surface area contributed by atoms with E-state index < -0.39 is 23.1 Å². The van der Waals surface area contributed by atoms with E-state index in [2.05, 4.69) is 22.2 Å². The number of ether oxygens (including phenoxy) is 1. The molecule has 1 N–H and O–H groups in total. The van der Waals surface area contributed by atoms with Gasteiger partial charge in [-0.3, -0.25) is 9.69 Å². The van der Waals surface area contributed by atoms with E-state index in [1.807, 2.05) is 24.3 Å². The molecule has 150 valence electrons. The SMILES string of the molecule is COc1ccc([C@H](CNC(=O)c2c(F)cccc2F)N2CCN(C)CC2)cc1. The Kier molecular flexibility index (Phi) is 6.59. The number of methoxy groups -OCH3 is 1. The fourth-order valence-corrected chi connectivity index (χ4v) is 3.41. The Morgan fingerprint density at radius 1 is 1.07 bits per heavy atom. The van der Waals surface area contributed by atoms with Crippen molar-refractivity contribution in [2.45, 2.75) is 6.04 Å². The number of piperazine rings is 1. The summed E-state index contributed by atoms with van der Waals surface area (Å²) >= 11 is 0. The summed E-state index contributed by atoms with van der Waals surface area (Å²) in [5, 5.41) is 2.71. The van der Waals surface area contributed by atoms with Crippen LogP contribution in [0, 0.1) is 11.6 Å². The number of amides is 1. The normalized spacial score (nSPS) is 16.6. The molecule has 0 spiro atoms. The Labute approximate surface area is 163 Å². The van der Waals surface area contributed by atoms with Crippen LogP contribution >= 0.6 is 0 Å². The van der Waals surface area contributed by atoms with Gasteiger partial charge in [-0.15, -0.1) is 0 Å². The van der Waals surface area contributed by atoms with Gasteiger partial charge in [-0.25, -0.2) is 8.78 Å². The third-order valence-corrected chi connectivity index (χ3v) is 5.13. The molecule has 1 saturated heterocycles. The van der Waals surface area contributed by atoms with Gasteiger partial charge in [0.15, 0.2) is 0 Å². The molecule has 5 nitrogen and oxygen atoms in total. The van der Waals surface area contributed by atoms with Crippen LogP contribution in [0.5, 0.6) is 5.75 Å². The number of hydrogen-bond acceptors (Lipinski definition) is 4. The average Bonchev–Trinajstić information content (AvgIpc) is 2.70. The largest absolute Gasteiger partial charge is 0.497 e. The Morgan fingerprint density at radius 3 is 2.25 bits per heavy atom. The number of carbonyl (C=O) groups is 1. The highest BCUT2D eigenvalue weighted by molar-refractivity contribution is 5.94. The molecule has 3 rings (SSSR count). The lowest BCUT2D eigenvalue weighted by molar-refractivity contribution is 0.0879. The fourth-order valence-electron chi connectivity index (χ4n) is 3.41. The summed E-state index contributed by atoms with van der Waals surface area (Å²) < 4.78 is 33.0. The highest BCUT2D eigenvalue weighted by Crippen LogP contribution is 2.24. The minimum Gasteiger partial charge on any atom is -0.497 e. The minimum absolute atomic E-state index is 0.0987. The van der Waals surface area contributed by atoms with E-state index in [1.54, 1.807) is 7.11 Å². The molecule has 2 aromatic carbocycles. The van der Waals surface area contributed by atoms with Gasteiger partial charge in [0.2, 0.25) is 0 Å². The Balaban J connectivity index is 1.77. The minimum atomic E-state index is -0.863. The van der Waals surface area contributed by atoms with Crippen LogP contribution < -0.4 is 10.1 Å². The zero-order valence-corrected chi connectivity index (χ0v) is 16.1. The van der Waals surface area contributed by atoms with Crippen LogP contribution in [0.1, 0.15) is 22.0 Å². The van der Waals surface area contributed by atoms with E-state index >= 15 is 0 Å². The second-order valence-electron chi connectivity index (χ2n) is 6.93. The zero-order valence-electron chi connectivity index (χ0n) is 16.1. The number of benzene rings is 2. The number of nitrogens with zero attached hydrogens (tertiary/aromatic N) is 2. The first kappa shape index (κ1) is 20.2. The van der Waals surface area contributed by atoms with Gasteiger partial charge in [-0.2, -0.15) is 0 Å². The molecule has 28 heavy (non-hydrogen) atoms. The molecule has 7 heteroatoms. The maximum absolute atomic E-state index is 13.9. The fraction of sp³-hybridized carbons (Fsp3) is 0.381. The van der Waals surface area contributed by atoms with Gasteiger partial charge in [-0.05, 0) is 36.9 Å². The summed E-state index contributed by atoms with van der Waals surface area (Å²) in [4.78, 5) is 16.9. The molecular weight excluding hydrogens is 364 g/mol.